The topological polar surface area (TPSA) is 39.7 Å². The minimum Gasteiger partial charge on any atom is -0.353 e. The summed E-state index contributed by atoms with van der Waals surface area (Å²) in [6, 6.07) is 11.8. The van der Waals surface area contributed by atoms with E-state index in [1.165, 1.54) is 12.1 Å². The summed E-state index contributed by atoms with van der Waals surface area (Å²) in [4.78, 5) is 23.5. The molecule has 0 spiro atoms. The second-order valence-corrected chi connectivity index (χ2v) is 6.87. The lowest BCUT2D eigenvalue weighted by molar-refractivity contribution is -0.136. The summed E-state index contributed by atoms with van der Waals surface area (Å²) in [6.07, 6.45) is 0. The minimum atomic E-state index is -0.477. The van der Waals surface area contributed by atoms with Crippen LogP contribution in [-0.2, 0) is 4.79 Å². The van der Waals surface area contributed by atoms with Crippen molar-refractivity contribution in [3.63, 3.8) is 0 Å². The van der Waals surface area contributed by atoms with Crippen molar-refractivity contribution in [3.8, 4) is 0 Å². The number of aromatic nitrogens is 1. The number of hydrogen-bond acceptors (Lipinski definition) is 4. The number of benzene rings is 1. The van der Waals surface area contributed by atoms with Crippen LogP contribution in [0.3, 0.4) is 0 Å². The number of carbonyl (C=O) groups excluding carboxylic acids is 1. The van der Waals surface area contributed by atoms with E-state index in [9.17, 15) is 9.18 Å². The number of aryl methyl sites for hydroxylation is 1. The first kappa shape index (κ1) is 18.3. The van der Waals surface area contributed by atoms with Crippen LogP contribution < -0.4 is 4.90 Å². The highest BCUT2D eigenvalue weighted by atomic mass is 19.1. The molecule has 0 saturated carbocycles. The number of pyridine rings is 1. The number of amides is 1. The average molecular weight is 356 g/mol. The van der Waals surface area contributed by atoms with Crippen LogP contribution >= 0.6 is 0 Å². The molecule has 2 heterocycles. The number of halogens is 1. The van der Waals surface area contributed by atoms with Gasteiger partial charge in [0.25, 0.3) is 0 Å². The Labute approximate surface area is 154 Å². The van der Waals surface area contributed by atoms with Crippen molar-refractivity contribution in [1.29, 1.82) is 0 Å². The molecule has 0 N–H and O–H groups in total. The van der Waals surface area contributed by atoms with Crippen molar-refractivity contribution in [2.24, 2.45) is 0 Å². The molecule has 6 heteroatoms. The Bertz CT molecular complexity index is 772. The zero-order chi connectivity index (χ0) is 18.7. The highest BCUT2D eigenvalue weighted by Crippen LogP contribution is 2.23. The number of hydrogen-bond donors (Lipinski definition) is 0. The van der Waals surface area contributed by atoms with Crippen molar-refractivity contribution in [2.45, 2.75) is 13.0 Å². The molecular formula is C20H25FN4O. The lowest BCUT2D eigenvalue weighted by Crippen LogP contribution is -2.51. The highest BCUT2D eigenvalue weighted by Gasteiger charge is 2.30. The van der Waals surface area contributed by atoms with Crippen molar-refractivity contribution >= 4 is 11.7 Å². The van der Waals surface area contributed by atoms with Gasteiger partial charge in [0, 0.05) is 31.9 Å². The third kappa shape index (κ3) is 4.02. The quantitative estimate of drug-likeness (QED) is 0.844. The predicted octanol–water partition coefficient (Wildman–Crippen LogP) is 2.48. The van der Waals surface area contributed by atoms with Gasteiger partial charge in [-0.05, 0) is 50.8 Å². The summed E-state index contributed by atoms with van der Waals surface area (Å²) in [5.74, 6) is 0.640. The summed E-state index contributed by atoms with van der Waals surface area (Å²) in [6.45, 7) is 4.73. The largest absolute Gasteiger partial charge is 0.353 e. The molecule has 2 aromatic rings. The first-order valence-electron chi connectivity index (χ1n) is 8.85. The zero-order valence-electron chi connectivity index (χ0n) is 15.5. The number of anilines is 1. The maximum Gasteiger partial charge on any atom is 0.244 e. The molecule has 138 valence electrons. The Morgan fingerprint density at radius 2 is 1.81 bits per heavy atom. The number of piperazine rings is 1. The Hall–Kier alpha value is -2.47. The Morgan fingerprint density at radius 3 is 2.42 bits per heavy atom. The van der Waals surface area contributed by atoms with E-state index >= 15 is 0 Å². The SMILES string of the molecule is Cc1cccc(N2CCN(C(=O)C(c3cccc(F)c3)N(C)C)CC2)n1. The van der Waals surface area contributed by atoms with Gasteiger partial charge in [-0.1, -0.05) is 18.2 Å². The summed E-state index contributed by atoms with van der Waals surface area (Å²) in [7, 11) is 3.70. The van der Waals surface area contributed by atoms with Gasteiger partial charge in [0.15, 0.2) is 0 Å². The summed E-state index contributed by atoms with van der Waals surface area (Å²) in [5.41, 5.74) is 1.67. The molecule has 3 rings (SSSR count). The van der Waals surface area contributed by atoms with Gasteiger partial charge in [-0.25, -0.2) is 9.37 Å². The molecule has 26 heavy (non-hydrogen) atoms. The Kier molecular flexibility index (Phi) is 5.52. The molecule has 1 aromatic heterocycles. The number of carbonyl (C=O) groups is 1. The van der Waals surface area contributed by atoms with Crippen molar-refractivity contribution in [2.75, 3.05) is 45.2 Å². The molecule has 1 fully saturated rings. The van der Waals surface area contributed by atoms with Gasteiger partial charge in [0.2, 0.25) is 5.91 Å². The molecule has 0 aliphatic carbocycles. The molecular weight excluding hydrogens is 331 g/mol. The average Bonchev–Trinajstić information content (AvgIpc) is 2.62. The molecule has 1 aliphatic rings. The maximum atomic E-state index is 13.6. The summed E-state index contributed by atoms with van der Waals surface area (Å²) >= 11 is 0. The van der Waals surface area contributed by atoms with Crippen LogP contribution in [0.15, 0.2) is 42.5 Å². The van der Waals surface area contributed by atoms with E-state index in [-0.39, 0.29) is 11.7 Å². The third-order valence-electron chi connectivity index (χ3n) is 4.70. The van der Waals surface area contributed by atoms with Crippen LogP contribution in [0.5, 0.6) is 0 Å². The second kappa shape index (κ2) is 7.83. The maximum absolute atomic E-state index is 13.6. The molecule has 1 aromatic carbocycles. The number of likely N-dealkylation sites (N-methyl/N-ethyl adjacent to an activating group) is 1. The smallest absolute Gasteiger partial charge is 0.244 e. The van der Waals surface area contributed by atoms with Gasteiger partial charge < -0.3 is 9.80 Å². The molecule has 1 unspecified atom stereocenters. The van der Waals surface area contributed by atoms with Crippen LogP contribution in [-0.4, -0.2) is 61.0 Å². The normalized spacial score (nSPS) is 16.0. The van der Waals surface area contributed by atoms with E-state index in [1.807, 2.05) is 49.0 Å². The number of nitrogens with zero attached hydrogens (tertiary/aromatic N) is 4. The first-order chi connectivity index (χ1) is 12.5. The molecule has 1 saturated heterocycles. The van der Waals surface area contributed by atoms with E-state index in [1.54, 1.807) is 12.1 Å². The van der Waals surface area contributed by atoms with Crippen LogP contribution in [0.2, 0.25) is 0 Å². The van der Waals surface area contributed by atoms with Crippen LogP contribution in [0.25, 0.3) is 0 Å². The number of rotatable bonds is 4. The lowest BCUT2D eigenvalue weighted by atomic mass is 10.0. The Balaban J connectivity index is 1.70. The van der Waals surface area contributed by atoms with E-state index in [2.05, 4.69) is 9.88 Å². The lowest BCUT2D eigenvalue weighted by Gasteiger charge is -2.38. The van der Waals surface area contributed by atoms with E-state index in [0.29, 0.717) is 18.7 Å². The molecule has 1 aliphatic heterocycles. The van der Waals surface area contributed by atoms with Crippen LogP contribution in [0, 0.1) is 12.7 Å². The molecule has 0 radical (unpaired) electrons. The van der Waals surface area contributed by atoms with Gasteiger partial charge in [-0.3, -0.25) is 9.69 Å². The fourth-order valence-corrected chi connectivity index (χ4v) is 3.37. The second-order valence-electron chi connectivity index (χ2n) is 6.87. The third-order valence-corrected chi connectivity index (χ3v) is 4.70. The van der Waals surface area contributed by atoms with Gasteiger partial charge >= 0.3 is 0 Å². The molecule has 0 bridgehead atoms. The van der Waals surface area contributed by atoms with Gasteiger partial charge in [0.05, 0.1) is 0 Å². The monoisotopic (exact) mass is 356 g/mol. The minimum absolute atomic E-state index is 0.0115. The van der Waals surface area contributed by atoms with Crippen molar-refractivity contribution in [3.05, 3.63) is 59.5 Å². The highest BCUT2D eigenvalue weighted by molar-refractivity contribution is 5.83. The van der Waals surface area contributed by atoms with Gasteiger partial charge in [-0.15, -0.1) is 0 Å². The summed E-state index contributed by atoms with van der Waals surface area (Å²) in [5, 5.41) is 0. The standard InChI is InChI=1S/C20H25FN4O/c1-15-6-4-9-18(22-15)24-10-12-25(13-11-24)20(26)19(23(2)3)16-7-5-8-17(21)14-16/h4-9,14,19H,10-13H2,1-3H3. The van der Waals surface area contributed by atoms with Crippen LogP contribution in [0.4, 0.5) is 10.2 Å². The van der Waals surface area contributed by atoms with E-state index in [0.717, 1.165) is 24.6 Å². The van der Waals surface area contributed by atoms with E-state index in [4.69, 9.17) is 0 Å². The van der Waals surface area contributed by atoms with Crippen molar-refractivity contribution < 1.29 is 9.18 Å². The molecule has 5 nitrogen and oxygen atoms in total. The fraction of sp³-hybridized carbons (Fsp3) is 0.400. The Morgan fingerprint density at radius 1 is 1.12 bits per heavy atom. The first-order valence-corrected chi connectivity index (χ1v) is 8.85. The van der Waals surface area contributed by atoms with Crippen LogP contribution in [0.1, 0.15) is 17.3 Å². The zero-order valence-corrected chi connectivity index (χ0v) is 15.5. The molecule has 1 amide bonds. The molecule has 1 atom stereocenters. The predicted molar refractivity (Wildman–Crippen MR) is 101 cm³/mol. The van der Waals surface area contributed by atoms with Gasteiger partial charge in [0.1, 0.15) is 17.7 Å². The van der Waals surface area contributed by atoms with Crippen molar-refractivity contribution in [1.82, 2.24) is 14.8 Å². The van der Waals surface area contributed by atoms with E-state index < -0.39 is 6.04 Å². The van der Waals surface area contributed by atoms with Gasteiger partial charge in [-0.2, -0.15) is 0 Å². The fourth-order valence-electron chi connectivity index (χ4n) is 3.37. The summed E-state index contributed by atoms with van der Waals surface area (Å²) < 4.78 is 13.6.